The summed E-state index contributed by atoms with van der Waals surface area (Å²) < 4.78 is 46.5. The van der Waals surface area contributed by atoms with Crippen molar-refractivity contribution in [2.75, 3.05) is 5.32 Å². The third kappa shape index (κ3) is 4.85. The third-order valence-electron chi connectivity index (χ3n) is 4.37. The molecule has 0 unspecified atom stereocenters. The minimum atomic E-state index is -4.46. The van der Waals surface area contributed by atoms with Crippen LogP contribution in [0.4, 0.5) is 24.7 Å². The van der Waals surface area contributed by atoms with Gasteiger partial charge < -0.3 is 10.1 Å². The summed E-state index contributed by atoms with van der Waals surface area (Å²) in [5, 5.41) is 15.4. The van der Waals surface area contributed by atoms with Gasteiger partial charge in [-0.05, 0) is 38.1 Å². The maximum Gasteiger partial charge on any atom is 0.416 e. The van der Waals surface area contributed by atoms with Gasteiger partial charge in [0.15, 0.2) is 0 Å². The summed E-state index contributed by atoms with van der Waals surface area (Å²) in [6.07, 6.45) is -2.89. The molecule has 0 spiro atoms. The lowest BCUT2D eigenvalue weighted by atomic mass is 10.2. The molecule has 4 rings (SSSR count). The summed E-state index contributed by atoms with van der Waals surface area (Å²) in [7, 11) is 1.69. The number of hydrogen-bond acceptors (Lipinski definition) is 7. The van der Waals surface area contributed by atoms with Crippen LogP contribution in [0.2, 0.25) is 0 Å². The monoisotopic (exact) mass is 444 g/mol. The van der Waals surface area contributed by atoms with Gasteiger partial charge in [-0.1, -0.05) is 6.07 Å². The Kier molecular flexibility index (Phi) is 5.51. The van der Waals surface area contributed by atoms with E-state index in [1.54, 1.807) is 13.2 Å². The number of aryl methyl sites for hydroxylation is 3. The fourth-order valence-corrected chi connectivity index (χ4v) is 3.00. The summed E-state index contributed by atoms with van der Waals surface area (Å²) in [5.74, 6) is 0.653. The van der Waals surface area contributed by atoms with Gasteiger partial charge in [-0.25, -0.2) is 4.68 Å². The van der Waals surface area contributed by atoms with Crippen LogP contribution in [0.5, 0.6) is 5.88 Å². The smallest absolute Gasteiger partial charge is 0.416 e. The molecule has 3 heterocycles. The molecule has 0 radical (unpaired) electrons. The normalized spacial score (nSPS) is 11.6. The van der Waals surface area contributed by atoms with Gasteiger partial charge in [0, 0.05) is 24.5 Å². The van der Waals surface area contributed by atoms with E-state index in [2.05, 4.69) is 30.6 Å². The van der Waals surface area contributed by atoms with Crippen molar-refractivity contribution in [2.45, 2.75) is 26.6 Å². The summed E-state index contributed by atoms with van der Waals surface area (Å²) in [5.41, 5.74) is 1.60. The molecule has 12 heteroatoms. The lowest BCUT2D eigenvalue weighted by Crippen LogP contribution is -2.10. The lowest BCUT2D eigenvalue weighted by molar-refractivity contribution is -0.137. The number of alkyl halides is 3. The Morgan fingerprint density at radius 3 is 2.53 bits per heavy atom. The second-order valence-electron chi connectivity index (χ2n) is 7.05. The van der Waals surface area contributed by atoms with E-state index in [4.69, 9.17) is 4.74 Å². The van der Waals surface area contributed by atoms with Gasteiger partial charge in [0.25, 0.3) is 5.95 Å². The molecule has 3 aromatic heterocycles. The number of aromatic nitrogens is 7. The van der Waals surface area contributed by atoms with Crippen molar-refractivity contribution in [1.29, 1.82) is 0 Å². The number of rotatable bonds is 6. The number of nitrogens with zero attached hydrogens (tertiary/aromatic N) is 7. The van der Waals surface area contributed by atoms with Crippen molar-refractivity contribution in [3.63, 3.8) is 0 Å². The molecule has 0 atom stereocenters. The fraction of sp³-hybridized carbons (Fsp3) is 0.250. The topological polar surface area (TPSA) is 95.6 Å². The van der Waals surface area contributed by atoms with Crippen molar-refractivity contribution >= 4 is 11.5 Å². The van der Waals surface area contributed by atoms with E-state index in [1.807, 2.05) is 19.9 Å². The first-order valence-corrected chi connectivity index (χ1v) is 9.52. The molecule has 1 aromatic carbocycles. The zero-order valence-electron chi connectivity index (χ0n) is 17.4. The van der Waals surface area contributed by atoms with Crippen LogP contribution >= 0.6 is 0 Å². The highest BCUT2D eigenvalue weighted by atomic mass is 19.4. The summed E-state index contributed by atoms with van der Waals surface area (Å²) in [6, 6.07) is 8.19. The molecule has 32 heavy (non-hydrogen) atoms. The van der Waals surface area contributed by atoms with Crippen molar-refractivity contribution in [3.05, 3.63) is 65.2 Å². The van der Waals surface area contributed by atoms with Crippen LogP contribution < -0.4 is 10.1 Å². The van der Waals surface area contributed by atoms with E-state index in [1.165, 1.54) is 27.7 Å². The zero-order valence-corrected chi connectivity index (χ0v) is 17.4. The van der Waals surface area contributed by atoms with Crippen molar-refractivity contribution in [2.24, 2.45) is 7.05 Å². The summed E-state index contributed by atoms with van der Waals surface area (Å²) in [6.45, 7) is 3.78. The molecule has 0 saturated heterocycles. The number of benzene rings is 1. The molecular weight excluding hydrogens is 425 g/mol. The SMILES string of the molecule is Cc1cc(C)n(-c2nc(Nc3cccc(C(F)(F)F)c3)cc(OCc3cnn(C)n3)n2)n1. The van der Waals surface area contributed by atoms with Crippen LogP contribution in [0, 0.1) is 13.8 Å². The van der Waals surface area contributed by atoms with Gasteiger partial charge in [-0.3, -0.25) is 0 Å². The number of ether oxygens (including phenoxy) is 1. The predicted octanol–water partition coefficient (Wildman–Crippen LogP) is 3.75. The summed E-state index contributed by atoms with van der Waals surface area (Å²) in [4.78, 5) is 10.2. The molecule has 0 bridgehead atoms. The average molecular weight is 444 g/mol. The highest BCUT2D eigenvalue weighted by Crippen LogP contribution is 2.31. The molecule has 4 aromatic rings. The first-order chi connectivity index (χ1) is 15.2. The van der Waals surface area contributed by atoms with Crippen LogP contribution in [0.15, 0.2) is 42.6 Å². The largest absolute Gasteiger partial charge is 0.471 e. The van der Waals surface area contributed by atoms with Crippen molar-refractivity contribution in [3.8, 4) is 11.8 Å². The molecule has 166 valence electrons. The number of anilines is 2. The Balaban J connectivity index is 1.67. The fourth-order valence-electron chi connectivity index (χ4n) is 3.00. The van der Waals surface area contributed by atoms with Gasteiger partial charge in [-0.15, -0.1) is 0 Å². The van der Waals surface area contributed by atoms with Gasteiger partial charge in [-0.2, -0.15) is 43.2 Å². The average Bonchev–Trinajstić information content (AvgIpc) is 3.30. The van der Waals surface area contributed by atoms with E-state index < -0.39 is 11.7 Å². The molecular formula is C20H19F3N8O. The molecule has 0 fully saturated rings. The predicted molar refractivity (Wildman–Crippen MR) is 109 cm³/mol. The minimum Gasteiger partial charge on any atom is -0.471 e. The third-order valence-corrected chi connectivity index (χ3v) is 4.37. The standard InChI is InChI=1S/C20H19F3N8O/c1-12-7-13(2)31(28-12)19-26-17(25-15-6-4-5-14(8-15)20(21,22)23)9-18(27-19)32-11-16-10-24-30(3)29-16/h4-10H,11H2,1-3H3,(H,25,26,27). The highest BCUT2D eigenvalue weighted by Gasteiger charge is 2.30. The van der Waals surface area contributed by atoms with Crippen molar-refractivity contribution < 1.29 is 17.9 Å². The molecule has 0 aliphatic rings. The molecule has 0 aliphatic carbocycles. The number of nitrogens with one attached hydrogen (secondary N) is 1. The Morgan fingerprint density at radius 2 is 1.88 bits per heavy atom. The van der Waals surface area contributed by atoms with Crippen LogP contribution in [-0.2, 0) is 19.8 Å². The van der Waals surface area contributed by atoms with Gasteiger partial charge in [0.05, 0.1) is 17.5 Å². The zero-order chi connectivity index (χ0) is 22.9. The van der Waals surface area contributed by atoms with E-state index in [-0.39, 0.29) is 29.9 Å². The van der Waals surface area contributed by atoms with Gasteiger partial charge in [0.1, 0.15) is 18.1 Å². The molecule has 0 aliphatic heterocycles. The van der Waals surface area contributed by atoms with Crippen LogP contribution in [0.1, 0.15) is 22.6 Å². The second-order valence-corrected chi connectivity index (χ2v) is 7.05. The lowest BCUT2D eigenvalue weighted by Gasteiger charge is -2.13. The molecule has 9 nitrogen and oxygen atoms in total. The van der Waals surface area contributed by atoms with E-state index in [0.29, 0.717) is 5.69 Å². The first-order valence-electron chi connectivity index (χ1n) is 9.52. The van der Waals surface area contributed by atoms with Crippen LogP contribution in [0.25, 0.3) is 5.95 Å². The van der Waals surface area contributed by atoms with E-state index >= 15 is 0 Å². The van der Waals surface area contributed by atoms with Crippen LogP contribution in [-0.4, -0.2) is 34.7 Å². The maximum absolute atomic E-state index is 13.1. The Bertz CT molecular complexity index is 1250. The van der Waals surface area contributed by atoms with Crippen LogP contribution in [0.3, 0.4) is 0 Å². The number of hydrogen-bond donors (Lipinski definition) is 1. The molecule has 1 N–H and O–H groups in total. The van der Waals surface area contributed by atoms with Gasteiger partial charge >= 0.3 is 6.18 Å². The maximum atomic E-state index is 13.1. The molecule has 0 amide bonds. The number of halogens is 3. The first kappa shape index (κ1) is 21.3. The second kappa shape index (κ2) is 8.29. The Morgan fingerprint density at radius 1 is 1.06 bits per heavy atom. The molecule has 0 saturated carbocycles. The van der Waals surface area contributed by atoms with Crippen molar-refractivity contribution in [1.82, 2.24) is 34.7 Å². The highest BCUT2D eigenvalue weighted by molar-refractivity contribution is 5.58. The van der Waals surface area contributed by atoms with E-state index in [9.17, 15) is 13.2 Å². The van der Waals surface area contributed by atoms with Gasteiger partial charge in [0.2, 0.25) is 5.88 Å². The quantitative estimate of drug-likeness (QED) is 0.484. The summed E-state index contributed by atoms with van der Waals surface area (Å²) >= 11 is 0. The Labute approximate surface area is 180 Å². The van der Waals surface area contributed by atoms with E-state index in [0.717, 1.165) is 23.5 Å². The Hall–Kier alpha value is -3.96. The minimum absolute atomic E-state index is 0.102.